The molecule has 13 heavy (non-hydrogen) atoms. The van der Waals surface area contributed by atoms with E-state index in [2.05, 4.69) is 5.16 Å². The molecule has 1 N–H and O–H groups in total. The molecule has 0 fully saturated rings. The number of rotatable bonds is 3. The molecule has 0 heterocycles. The summed E-state index contributed by atoms with van der Waals surface area (Å²) in [5.41, 5.74) is 0. The molecule has 0 bridgehead atoms. The molecule has 0 saturated heterocycles. The Morgan fingerprint density at radius 2 is 1.92 bits per heavy atom. The molecule has 2 nitrogen and oxygen atoms in total. The van der Waals surface area contributed by atoms with Crippen LogP contribution in [0.4, 0.5) is 0 Å². The Morgan fingerprint density at radius 1 is 1.31 bits per heavy atom. The van der Waals surface area contributed by atoms with Gasteiger partial charge in [0.05, 0.1) is 11.0 Å². The summed E-state index contributed by atoms with van der Waals surface area (Å²) in [6.07, 6.45) is 1.53. The van der Waals surface area contributed by atoms with Crippen LogP contribution >= 0.6 is 11.8 Å². The van der Waals surface area contributed by atoms with Gasteiger partial charge in [0.15, 0.2) is 0 Å². The van der Waals surface area contributed by atoms with Crippen LogP contribution in [-0.4, -0.2) is 16.2 Å². The topological polar surface area (TPSA) is 32.6 Å². The van der Waals surface area contributed by atoms with Gasteiger partial charge in [-0.3, -0.25) is 0 Å². The molecule has 1 aromatic carbocycles. The van der Waals surface area contributed by atoms with Crippen molar-refractivity contribution in [1.82, 2.24) is 0 Å². The van der Waals surface area contributed by atoms with Gasteiger partial charge < -0.3 is 5.21 Å². The Labute approximate surface area is 82.7 Å². The lowest BCUT2D eigenvalue weighted by Crippen LogP contribution is -2.15. The van der Waals surface area contributed by atoms with E-state index in [0.717, 1.165) is 0 Å². The van der Waals surface area contributed by atoms with Crippen LogP contribution < -0.4 is 0 Å². The maximum Gasteiger partial charge on any atom is 0.0594 e. The normalized spacial score (nSPS) is 12.2. The summed E-state index contributed by atoms with van der Waals surface area (Å²) in [4.78, 5) is 1.17. The highest BCUT2D eigenvalue weighted by Crippen LogP contribution is 2.30. The van der Waals surface area contributed by atoms with E-state index < -0.39 is 0 Å². The van der Waals surface area contributed by atoms with Gasteiger partial charge in [0.2, 0.25) is 0 Å². The minimum atomic E-state index is -0.171. The summed E-state index contributed by atoms with van der Waals surface area (Å²) in [7, 11) is 0. The van der Waals surface area contributed by atoms with Gasteiger partial charge in [0.25, 0.3) is 0 Å². The number of hydrogen-bond donors (Lipinski definition) is 1. The van der Waals surface area contributed by atoms with Gasteiger partial charge in [-0.2, -0.15) is 0 Å². The van der Waals surface area contributed by atoms with E-state index in [4.69, 9.17) is 5.21 Å². The van der Waals surface area contributed by atoms with Crippen LogP contribution in [0.2, 0.25) is 0 Å². The monoisotopic (exact) mass is 195 g/mol. The number of oxime groups is 1. The summed E-state index contributed by atoms with van der Waals surface area (Å²) in [6.45, 7) is 4.01. The van der Waals surface area contributed by atoms with Gasteiger partial charge in [-0.1, -0.05) is 18.2 Å². The molecule has 3 heteroatoms. The maximum absolute atomic E-state index is 8.44. The predicted octanol–water partition coefficient (Wildman–Crippen LogP) is 3.02. The van der Waals surface area contributed by atoms with Gasteiger partial charge >= 0.3 is 0 Å². The first-order valence-corrected chi connectivity index (χ1v) is 4.88. The van der Waals surface area contributed by atoms with Crippen molar-refractivity contribution in [3.05, 3.63) is 30.3 Å². The zero-order valence-corrected chi connectivity index (χ0v) is 8.58. The molecule has 0 spiro atoms. The maximum atomic E-state index is 8.44. The van der Waals surface area contributed by atoms with Gasteiger partial charge in [-0.15, -0.1) is 16.9 Å². The second kappa shape index (κ2) is 4.33. The third kappa shape index (κ3) is 3.51. The van der Waals surface area contributed by atoms with E-state index in [9.17, 15) is 0 Å². The van der Waals surface area contributed by atoms with E-state index in [0.29, 0.717) is 0 Å². The Bertz CT molecular complexity index is 282. The SMILES string of the molecule is CC(C)(/C=N\O)Sc1ccccc1. The molecule has 70 valence electrons. The van der Waals surface area contributed by atoms with E-state index in [1.54, 1.807) is 11.8 Å². The Balaban J connectivity index is 2.69. The van der Waals surface area contributed by atoms with Crippen molar-refractivity contribution in [1.29, 1.82) is 0 Å². The fourth-order valence-corrected chi connectivity index (χ4v) is 1.96. The number of nitrogens with zero attached hydrogens (tertiary/aromatic N) is 1. The summed E-state index contributed by atoms with van der Waals surface area (Å²) < 4.78 is -0.171. The molecule has 0 aliphatic carbocycles. The smallest absolute Gasteiger partial charge is 0.0594 e. The predicted molar refractivity (Wildman–Crippen MR) is 56.7 cm³/mol. The molecule has 0 radical (unpaired) electrons. The number of thioether (sulfide) groups is 1. The Hall–Kier alpha value is -0.960. The van der Waals surface area contributed by atoms with Gasteiger partial charge in [0, 0.05) is 4.90 Å². The first-order chi connectivity index (χ1) is 6.14. The van der Waals surface area contributed by atoms with Crippen LogP contribution in [-0.2, 0) is 0 Å². The van der Waals surface area contributed by atoms with Gasteiger partial charge in [0.1, 0.15) is 0 Å². The molecule has 0 aliphatic rings. The van der Waals surface area contributed by atoms with Crippen LogP contribution in [0.3, 0.4) is 0 Å². The van der Waals surface area contributed by atoms with Crippen molar-refractivity contribution in [2.75, 3.05) is 0 Å². The molecular formula is C10H13NOS. The number of benzene rings is 1. The molecule has 0 unspecified atom stereocenters. The van der Waals surface area contributed by atoms with Crippen molar-refractivity contribution >= 4 is 18.0 Å². The van der Waals surface area contributed by atoms with Crippen molar-refractivity contribution in [3.8, 4) is 0 Å². The second-order valence-corrected chi connectivity index (χ2v) is 4.99. The largest absolute Gasteiger partial charge is 0.411 e. The Morgan fingerprint density at radius 3 is 2.46 bits per heavy atom. The van der Waals surface area contributed by atoms with Gasteiger partial charge in [-0.05, 0) is 26.0 Å². The molecule has 0 atom stereocenters. The molecule has 0 aliphatic heterocycles. The van der Waals surface area contributed by atoms with Crippen molar-refractivity contribution in [2.45, 2.75) is 23.5 Å². The third-order valence-electron chi connectivity index (χ3n) is 1.49. The first kappa shape index (κ1) is 10.1. The average Bonchev–Trinajstić information content (AvgIpc) is 2.04. The van der Waals surface area contributed by atoms with Crippen LogP contribution in [0, 0.1) is 0 Å². The summed E-state index contributed by atoms with van der Waals surface area (Å²) >= 11 is 1.66. The van der Waals surface area contributed by atoms with E-state index in [-0.39, 0.29) is 4.75 Å². The highest BCUT2D eigenvalue weighted by molar-refractivity contribution is 8.01. The minimum Gasteiger partial charge on any atom is -0.411 e. The van der Waals surface area contributed by atoms with Gasteiger partial charge in [-0.25, -0.2) is 0 Å². The van der Waals surface area contributed by atoms with Crippen molar-refractivity contribution in [2.24, 2.45) is 5.16 Å². The fraction of sp³-hybridized carbons (Fsp3) is 0.300. The molecule has 1 rings (SSSR count). The van der Waals surface area contributed by atoms with Crippen LogP contribution in [0.5, 0.6) is 0 Å². The lowest BCUT2D eigenvalue weighted by molar-refractivity contribution is 0.319. The minimum absolute atomic E-state index is 0.171. The summed E-state index contributed by atoms with van der Waals surface area (Å²) in [5, 5.41) is 11.5. The molecule has 0 saturated carbocycles. The zero-order valence-electron chi connectivity index (χ0n) is 7.77. The molecule has 0 aromatic heterocycles. The zero-order chi connectivity index (χ0) is 9.73. The average molecular weight is 195 g/mol. The standard InChI is InChI=1S/C10H13NOS/c1-10(2,8-11-12)13-9-6-4-3-5-7-9/h3-8,12H,1-2H3/b11-8-. The molecular weight excluding hydrogens is 182 g/mol. The lowest BCUT2D eigenvalue weighted by atomic mass is 10.2. The van der Waals surface area contributed by atoms with Crippen LogP contribution in [0.25, 0.3) is 0 Å². The van der Waals surface area contributed by atoms with Crippen LogP contribution in [0.1, 0.15) is 13.8 Å². The van der Waals surface area contributed by atoms with E-state index in [1.165, 1.54) is 11.1 Å². The van der Waals surface area contributed by atoms with Crippen LogP contribution in [0.15, 0.2) is 40.4 Å². The molecule has 1 aromatic rings. The van der Waals surface area contributed by atoms with Crippen molar-refractivity contribution in [3.63, 3.8) is 0 Å². The highest BCUT2D eigenvalue weighted by Gasteiger charge is 2.16. The third-order valence-corrected chi connectivity index (χ3v) is 2.63. The quantitative estimate of drug-likeness (QED) is 0.348. The number of hydrogen-bond acceptors (Lipinski definition) is 3. The van der Waals surface area contributed by atoms with E-state index >= 15 is 0 Å². The molecule has 0 amide bonds. The van der Waals surface area contributed by atoms with Crippen molar-refractivity contribution < 1.29 is 5.21 Å². The summed E-state index contributed by atoms with van der Waals surface area (Å²) in [5.74, 6) is 0. The fourth-order valence-electron chi connectivity index (χ4n) is 0.958. The lowest BCUT2D eigenvalue weighted by Gasteiger charge is -2.17. The summed E-state index contributed by atoms with van der Waals surface area (Å²) in [6, 6.07) is 10.1. The van der Waals surface area contributed by atoms with E-state index in [1.807, 2.05) is 44.2 Å². The Kier molecular flexibility index (Phi) is 3.37. The highest BCUT2D eigenvalue weighted by atomic mass is 32.2. The first-order valence-electron chi connectivity index (χ1n) is 4.07. The second-order valence-electron chi connectivity index (χ2n) is 3.26.